The van der Waals surface area contributed by atoms with E-state index in [1.54, 1.807) is 0 Å². The van der Waals surface area contributed by atoms with Crippen molar-refractivity contribution >= 4 is 17.1 Å². The van der Waals surface area contributed by atoms with Gasteiger partial charge in [-0.05, 0) is 37.6 Å². The molecule has 0 aromatic heterocycles. The van der Waals surface area contributed by atoms with E-state index in [0.717, 1.165) is 0 Å². The molecule has 1 aliphatic rings. The Balaban J connectivity index is 2.02. The lowest BCUT2D eigenvalue weighted by Gasteiger charge is -2.37. The van der Waals surface area contributed by atoms with Crippen LogP contribution >= 0.6 is 0 Å². The van der Waals surface area contributed by atoms with E-state index in [-0.39, 0.29) is 6.17 Å². The van der Waals surface area contributed by atoms with E-state index in [1.807, 2.05) is 0 Å². The molecular weight excluding hydrogens is 292 g/mol. The second kappa shape index (κ2) is 5.72. The highest BCUT2D eigenvalue weighted by atomic mass is 15.4. The van der Waals surface area contributed by atoms with Crippen molar-refractivity contribution in [2.45, 2.75) is 20.0 Å². The summed E-state index contributed by atoms with van der Waals surface area (Å²) in [6.07, 6.45) is 0.218. The number of benzene rings is 3. The molecule has 1 aliphatic heterocycles. The SMILES string of the molecule is Cc1ccccc1N1c2ccccc2-c2ccccc2N(C)[C@@H]1C. The normalized spacial score (nSPS) is 16.4. The first-order valence-corrected chi connectivity index (χ1v) is 8.44. The molecule has 0 bridgehead atoms. The predicted octanol–water partition coefficient (Wildman–Crippen LogP) is 5.60. The van der Waals surface area contributed by atoms with Crippen molar-refractivity contribution in [2.75, 3.05) is 16.8 Å². The van der Waals surface area contributed by atoms with Crippen molar-refractivity contribution in [1.29, 1.82) is 0 Å². The molecule has 0 fully saturated rings. The van der Waals surface area contributed by atoms with Crippen LogP contribution in [0.15, 0.2) is 72.8 Å². The Morgan fingerprint density at radius 1 is 0.667 bits per heavy atom. The van der Waals surface area contributed by atoms with Crippen molar-refractivity contribution in [3.05, 3.63) is 78.4 Å². The largest absolute Gasteiger partial charge is 0.354 e. The summed E-state index contributed by atoms with van der Waals surface area (Å²) in [6.45, 7) is 4.45. The van der Waals surface area contributed by atoms with Crippen molar-refractivity contribution in [3.8, 4) is 11.1 Å². The topological polar surface area (TPSA) is 6.48 Å². The molecule has 2 nitrogen and oxygen atoms in total. The number of nitrogens with zero attached hydrogens (tertiary/aromatic N) is 2. The van der Waals surface area contributed by atoms with Crippen molar-refractivity contribution in [1.82, 2.24) is 0 Å². The van der Waals surface area contributed by atoms with Gasteiger partial charge in [-0.3, -0.25) is 0 Å². The Morgan fingerprint density at radius 2 is 1.17 bits per heavy atom. The van der Waals surface area contributed by atoms with Crippen LogP contribution in [0.5, 0.6) is 0 Å². The minimum atomic E-state index is 0.218. The molecule has 0 N–H and O–H groups in total. The molecule has 2 heteroatoms. The molecule has 3 aromatic rings. The predicted molar refractivity (Wildman–Crippen MR) is 103 cm³/mol. The van der Waals surface area contributed by atoms with Gasteiger partial charge in [0.05, 0.1) is 5.69 Å². The van der Waals surface area contributed by atoms with Crippen LogP contribution < -0.4 is 9.80 Å². The molecule has 120 valence electrons. The molecule has 24 heavy (non-hydrogen) atoms. The monoisotopic (exact) mass is 314 g/mol. The molecular formula is C22H22N2. The van der Waals surface area contributed by atoms with Crippen LogP contribution in [0.1, 0.15) is 12.5 Å². The number of para-hydroxylation sites is 3. The zero-order valence-electron chi connectivity index (χ0n) is 14.4. The molecule has 0 radical (unpaired) electrons. The van der Waals surface area contributed by atoms with Crippen molar-refractivity contribution in [2.24, 2.45) is 0 Å². The molecule has 0 unspecified atom stereocenters. The van der Waals surface area contributed by atoms with Gasteiger partial charge in [-0.25, -0.2) is 0 Å². The molecule has 4 rings (SSSR count). The van der Waals surface area contributed by atoms with Crippen LogP contribution in [0.25, 0.3) is 11.1 Å². The summed E-state index contributed by atoms with van der Waals surface area (Å²) in [7, 11) is 2.18. The molecule has 0 amide bonds. The number of anilines is 3. The van der Waals surface area contributed by atoms with Gasteiger partial charge in [0.25, 0.3) is 0 Å². The van der Waals surface area contributed by atoms with Gasteiger partial charge in [-0.15, -0.1) is 0 Å². The molecule has 1 heterocycles. The van der Waals surface area contributed by atoms with E-state index in [9.17, 15) is 0 Å². The summed E-state index contributed by atoms with van der Waals surface area (Å²) < 4.78 is 0. The van der Waals surface area contributed by atoms with Crippen LogP contribution in [0, 0.1) is 6.92 Å². The Kier molecular flexibility index (Phi) is 3.53. The number of rotatable bonds is 1. The fourth-order valence-corrected chi connectivity index (χ4v) is 3.66. The smallest absolute Gasteiger partial charge is 0.103 e. The van der Waals surface area contributed by atoms with Gasteiger partial charge in [-0.2, -0.15) is 0 Å². The summed E-state index contributed by atoms with van der Waals surface area (Å²) in [5.74, 6) is 0. The average molecular weight is 314 g/mol. The lowest BCUT2D eigenvalue weighted by atomic mass is 10.0. The maximum Gasteiger partial charge on any atom is 0.103 e. The first-order valence-electron chi connectivity index (χ1n) is 8.44. The molecule has 0 saturated carbocycles. The molecule has 0 aliphatic carbocycles. The molecule has 1 atom stereocenters. The Hall–Kier alpha value is -2.74. The maximum absolute atomic E-state index is 2.45. The van der Waals surface area contributed by atoms with Gasteiger partial charge in [0.2, 0.25) is 0 Å². The molecule has 0 saturated heterocycles. The lowest BCUT2D eigenvalue weighted by Crippen LogP contribution is -2.41. The zero-order valence-corrected chi connectivity index (χ0v) is 14.4. The number of aryl methyl sites for hydroxylation is 1. The zero-order chi connectivity index (χ0) is 16.7. The van der Waals surface area contributed by atoms with E-state index in [0.29, 0.717) is 0 Å². The quantitative estimate of drug-likeness (QED) is 0.577. The Labute approximate surface area is 144 Å². The lowest BCUT2D eigenvalue weighted by molar-refractivity contribution is 0.698. The standard InChI is InChI=1S/C22H22N2/c1-16-10-4-7-13-20(16)24-17(2)23(3)21-14-8-5-11-18(21)19-12-6-9-15-22(19)24/h4-15,17H,1-3H3/t17-/m0/s1. The third-order valence-corrected chi connectivity index (χ3v) is 5.05. The van der Waals surface area contributed by atoms with Gasteiger partial charge >= 0.3 is 0 Å². The highest BCUT2D eigenvalue weighted by Crippen LogP contribution is 2.45. The fourth-order valence-electron chi connectivity index (χ4n) is 3.66. The van der Waals surface area contributed by atoms with Gasteiger partial charge < -0.3 is 9.80 Å². The number of hydrogen-bond donors (Lipinski definition) is 0. The van der Waals surface area contributed by atoms with Crippen LogP contribution in [0.4, 0.5) is 17.1 Å². The second-order valence-electron chi connectivity index (χ2n) is 6.43. The summed E-state index contributed by atoms with van der Waals surface area (Å²) in [6, 6.07) is 26.0. The van der Waals surface area contributed by atoms with E-state index >= 15 is 0 Å². The maximum atomic E-state index is 2.45. The third-order valence-electron chi connectivity index (χ3n) is 5.05. The highest BCUT2D eigenvalue weighted by Gasteiger charge is 2.29. The van der Waals surface area contributed by atoms with E-state index in [1.165, 1.54) is 33.8 Å². The fraction of sp³-hybridized carbons (Fsp3) is 0.182. The van der Waals surface area contributed by atoms with Gasteiger partial charge in [0.1, 0.15) is 6.17 Å². The van der Waals surface area contributed by atoms with Crippen molar-refractivity contribution < 1.29 is 0 Å². The van der Waals surface area contributed by atoms with Crippen LogP contribution in [0.2, 0.25) is 0 Å². The Bertz CT molecular complexity index is 884. The second-order valence-corrected chi connectivity index (χ2v) is 6.43. The number of fused-ring (bicyclic) bond motifs is 3. The van der Waals surface area contributed by atoms with Crippen LogP contribution in [-0.2, 0) is 0 Å². The third kappa shape index (κ3) is 2.18. The minimum Gasteiger partial charge on any atom is -0.354 e. The molecule has 0 spiro atoms. The van der Waals surface area contributed by atoms with E-state index in [2.05, 4.69) is 103 Å². The highest BCUT2D eigenvalue weighted by molar-refractivity contribution is 5.92. The summed E-state index contributed by atoms with van der Waals surface area (Å²) in [5.41, 5.74) is 7.66. The first kappa shape index (κ1) is 14.8. The van der Waals surface area contributed by atoms with Crippen LogP contribution in [-0.4, -0.2) is 13.2 Å². The van der Waals surface area contributed by atoms with E-state index in [4.69, 9.17) is 0 Å². The Morgan fingerprint density at radius 3 is 1.83 bits per heavy atom. The van der Waals surface area contributed by atoms with Crippen LogP contribution in [0.3, 0.4) is 0 Å². The van der Waals surface area contributed by atoms with Gasteiger partial charge in [0, 0.05) is 29.5 Å². The summed E-state index contributed by atoms with van der Waals surface area (Å²) in [4.78, 5) is 4.81. The summed E-state index contributed by atoms with van der Waals surface area (Å²) in [5, 5.41) is 0. The van der Waals surface area contributed by atoms with Crippen molar-refractivity contribution in [3.63, 3.8) is 0 Å². The number of hydrogen-bond acceptors (Lipinski definition) is 2. The van der Waals surface area contributed by atoms with E-state index < -0.39 is 0 Å². The van der Waals surface area contributed by atoms with Gasteiger partial charge in [-0.1, -0.05) is 54.6 Å². The van der Waals surface area contributed by atoms with Gasteiger partial charge in [0.15, 0.2) is 0 Å². The average Bonchev–Trinajstić information content (AvgIpc) is 2.71. The first-order chi connectivity index (χ1) is 11.7. The minimum absolute atomic E-state index is 0.218. The summed E-state index contributed by atoms with van der Waals surface area (Å²) >= 11 is 0. The molecule has 3 aromatic carbocycles.